The second-order valence-corrected chi connectivity index (χ2v) is 7.67. The molecular formula is C20H14BrF4N3O. The summed E-state index contributed by atoms with van der Waals surface area (Å²) in [5.74, 6) is -1.15. The van der Waals surface area contributed by atoms with E-state index in [2.05, 4.69) is 26.3 Å². The lowest BCUT2D eigenvalue weighted by Crippen LogP contribution is -2.15. The zero-order valence-corrected chi connectivity index (χ0v) is 16.4. The highest BCUT2D eigenvalue weighted by molar-refractivity contribution is 9.10. The minimum absolute atomic E-state index is 0.00626. The van der Waals surface area contributed by atoms with E-state index < -0.39 is 23.5 Å². The van der Waals surface area contributed by atoms with Crippen LogP contribution in [0, 0.1) is 5.82 Å². The van der Waals surface area contributed by atoms with E-state index in [0.29, 0.717) is 10.2 Å². The molecule has 0 radical (unpaired) electrons. The first kappa shape index (κ1) is 19.6. The second kappa shape index (κ2) is 7.29. The molecule has 3 aromatic rings. The number of benzene rings is 2. The summed E-state index contributed by atoms with van der Waals surface area (Å²) >= 11 is 3.15. The fourth-order valence-corrected chi connectivity index (χ4v) is 3.42. The van der Waals surface area contributed by atoms with E-state index in [1.54, 1.807) is 6.07 Å². The van der Waals surface area contributed by atoms with E-state index in [9.17, 15) is 22.4 Å². The van der Waals surface area contributed by atoms with Gasteiger partial charge in [0.15, 0.2) is 0 Å². The minimum atomic E-state index is -4.48. The van der Waals surface area contributed by atoms with Crippen LogP contribution in [-0.4, -0.2) is 15.7 Å². The van der Waals surface area contributed by atoms with Crippen LogP contribution in [0.4, 0.5) is 23.2 Å². The fourth-order valence-electron chi connectivity index (χ4n) is 3.08. The predicted molar refractivity (Wildman–Crippen MR) is 103 cm³/mol. The van der Waals surface area contributed by atoms with Crippen molar-refractivity contribution in [3.8, 4) is 5.69 Å². The fraction of sp³-hybridized carbons (Fsp3) is 0.200. The molecule has 0 spiro atoms. The first-order valence-electron chi connectivity index (χ1n) is 8.76. The lowest BCUT2D eigenvalue weighted by atomic mass is 10.1. The van der Waals surface area contributed by atoms with Crippen molar-refractivity contribution < 1.29 is 22.4 Å². The van der Waals surface area contributed by atoms with E-state index in [-0.39, 0.29) is 22.9 Å². The summed E-state index contributed by atoms with van der Waals surface area (Å²) in [6.45, 7) is 0. The van der Waals surface area contributed by atoms with Crippen LogP contribution in [0.5, 0.6) is 0 Å². The topological polar surface area (TPSA) is 46.9 Å². The molecule has 2 aromatic carbocycles. The largest absolute Gasteiger partial charge is 0.416 e. The second-order valence-electron chi connectivity index (χ2n) is 6.76. The number of anilines is 1. The van der Waals surface area contributed by atoms with Crippen molar-refractivity contribution >= 4 is 27.5 Å². The van der Waals surface area contributed by atoms with Crippen LogP contribution in [0.2, 0.25) is 0 Å². The number of halogens is 5. The number of alkyl halides is 3. The van der Waals surface area contributed by atoms with E-state index in [0.717, 1.165) is 25.0 Å². The zero-order valence-electron chi connectivity index (χ0n) is 14.8. The molecule has 0 saturated heterocycles. The Bertz CT molecular complexity index is 1090. The number of nitrogens with one attached hydrogen (secondary N) is 1. The van der Waals surface area contributed by atoms with Crippen LogP contribution >= 0.6 is 15.9 Å². The number of aromatic nitrogens is 2. The van der Waals surface area contributed by atoms with E-state index in [1.807, 2.05) is 0 Å². The maximum Gasteiger partial charge on any atom is 0.416 e. The third-order valence-electron chi connectivity index (χ3n) is 4.61. The number of nitrogens with zero attached hydrogens (tertiary/aromatic N) is 2. The third-order valence-corrected chi connectivity index (χ3v) is 5.11. The van der Waals surface area contributed by atoms with E-state index in [1.165, 1.54) is 35.1 Å². The van der Waals surface area contributed by atoms with E-state index >= 15 is 0 Å². The molecule has 0 unspecified atom stereocenters. The molecule has 4 nitrogen and oxygen atoms in total. The highest BCUT2D eigenvalue weighted by Crippen LogP contribution is 2.43. The van der Waals surface area contributed by atoms with Gasteiger partial charge in [-0.1, -0.05) is 22.0 Å². The Hall–Kier alpha value is -2.68. The molecule has 0 aliphatic heterocycles. The monoisotopic (exact) mass is 467 g/mol. The number of rotatable bonds is 4. The van der Waals surface area contributed by atoms with Crippen LogP contribution in [0.25, 0.3) is 5.69 Å². The van der Waals surface area contributed by atoms with Gasteiger partial charge in [0.2, 0.25) is 0 Å². The van der Waals surface area contributed by atoms with Gasteiger partial charge >= 0.3 is 6.18 Å². The molecule has 150 valence electrons. The van der Waals surface area contributed by atoms with Crippen molar-refractivity contribution in [2.45, 2.75) is 24.9 Å². The Morgan fingerprint density at radius 3 is 2.59 bits per heavy atom. The molecule has 1 N–H and O–H groups in total. The molecule has 0 bridgehead atoms. The van der Waals surface area contributed by atoms with Gasteiger partial charge in [-0.3, -0.25) is 4.79 Å². The molecule has 29 heavy (non-hydrogen) atoms. The Kier molecular flexibility index (Phi) is 4.94. The molecule has 4 rings (SSSR count). The van der Waals surface area contributed by atoms with Gasteiger partial charge in [0.25, 0.3) is 5.91 Å². The molecule has 1 amide bonds. The number of amides is 1. The van der Waals surface area contributed by atoms with Gasteiger partial charge in [-0.15, -0.1) is 0 Å². The van der Waals surface area contributed by atoms with Crippen LogP contribution in [-0.2, 0) is 6.18 Å². The van der Waals surface area contributed by atoms with Gasteiger partial charge < -0.3 is 5.32 Å². The Morgan fingerprint density at radius 1 is 1.17 bits per heavy atom. The standard InChI is InChI=1S/C20H14BrF4N3O/c21-13-6-7-17(16(22)9-13)27-19(29)15-10-26-28(18(15)11-4-5-11)14-3-1-2-12(8-14)20(23,24)25/h1-3,6-11H,4-5H2,(H,27,29). The summed E-state index contributed by atoms with van der Waals surface area (Å²) in [5.41, 5.74) is 0.170. The summed E-state index contributed by atoms with van der Waals surface area (Å²) in [4.78, 5) is 12.8. The Labute approximate surface area is 171 Å². The third kappa shape index (κ3) is 4.05. The van der Waals surface area contributed by atoms with E-state index in [4.69, 9.17) is 0 Å². The first-order valence-corrected chi connectivity index (χ1v) is 9.55. The molecule has 9 heteroatoms. The molecule has 1 aliphatic carbocycles. The highest BCUT2D eigenvalue weighted by atomic mass is 79.9. The van der Waals surface area contributed by atoms with Gasteiger partial charge in [-0.05, 0) is 49.2 Å². The molecule has 1 aromatic heterocycles. The molecule has 0 atom stereocenters. The predicted octanol–water partition coefficient (Wildman–Crippen LogP) is 5.92. The van der Waals surface area contributed by atoms with Crippen molar-refractivity contribution in [1.29, 1.82) is 0 Å². The molecule has 1 saturated carbocycles. The van der Waals surface area contributed by atoms with Crippen molar-refractivity contribution in [3.63, 3.8) is 0 Å². The SMILES string of the molecule is O=C(Nc1ccc(Br)cc1F)c1cnn(-c2cccc(C(F)(F)F)c2)c1C1CC1. The van der Waals surface area contributed by atoms with Gasteiger partial charge in [-0.2, -0.15) is 18.3 Å². The lowest BCUT2D eigenvalue weighted by Gasteiger charge is -2.12. The Balaban J connectivity index is 1.70. The summed E-state index contributed by atoms with van der Waals surface area (Å²) < 4.78 is 55.1. The zero-order chi connectivity index (χ0) is 20.8. The van der Waals surface area contributed by atoms with Gasteiger partial charge in [0.1, 0.15) is 5.82 Å². The average molecular weight is 468 g/mol. The van der Waals surface area contributed by atoms with Crippen molar-refractivity contribution in [2.24, 2.45) is 0 Å². The lowest BCUT2D eigenvalue weighted by molar-refractivity contribution is -0.137. The molecular weight excluding hydrogens is 454 g/mol. The summed E-state index contributed by atoms with van der Waals surface area (Å²) in [5, 5.41) is 6.67. The van der Waals surface area contributed by atoms with Crippen molar-refractivity contribution in [2.75, 3.05) is 5.32 Å². The summed E-state index contributed by atoms with van der Waals surface area (Å²) in [6, 6.07) is 9.02. The number of hydrogen-bond donors (Lipinski definition) is 1. The van der Waals surface area contributed by atoms with Gasteiger partial charge in [0, 0.05) is 10.4 Å². The maximum atomic E-state index is 14.1. The highest BCUT2D eigenvalue weighted by Gasteiger charge is 2.34. The first-order chi connectivity index (χ1) is 13.7. The molecule has 1 fully saturated rings. The summed E-state index contributed by atoms with van der Waals surface area (Å²) in [6.07, 6.45) is -1.57. The van der Waals surface area contributed by atoms with Gasteiger partial charge in [0.05, 0.1) is 34.4 Å². The van der Waals surface area contributed by atoms with Crippen LogP contribution < -0.4 is 5.32 Å². The van der Waals surface area contributed by atoms with Crippen LogP contribution in [0.1, 0.15) is 40.4 Å². The Morgan fingerprint density at radius 2 is 1.93 bits per heavy atom. The maximum absolute atomic E-state index is 14.1. The minimum Gasteiger partial charge on any atom is -0.319 e. The van der Waals surface area contributed by atoms with Crippen molar-refractivity contribution in [3.05, 3.63) is 75.8 Å². The van der Waals surface area contributed by atoms with Crippen LogP contribution in [0.3, 0.4) is 0 Å². The van der Waals surface area contributed by atoms with Crippen molar-refractivity contribution in [1.82, 2.24) is 9.78 Å². The van der Waals surface area contributed by atoms with Crippen LogP contribution in [0.15, 0.2) is 53.1 Å². The number of carbonyl (C=O) groups excluding carboxylic acids is 1. The number of hydrogen-bond acceptors (Lipinski definition) is 2. The smallest absolute Gasteiger partial charge is 0.319 e. The average Bonchev–Trinajstić information content (AvgIpc) is 3.41. The quantitative estimate of drug-likeness (QED) is 0.484. The molecule has 1 aliphatic rings. The summed E-state index contributed by atoms with van der Waals surface area (Å²) in [7, 11) is 0. The normalized spacial score (nSPS) is 14.1. The molecule has 1 heterocycles. The number of carbonyl (C=O) groups is 1. The van der Waals surface area contributed by atoms with Gasteiger partial charge in [-0.25, -0.2) is 9.07 Å².